The molecule has 1 spiro atoms. The zero-order chi connectivity index (χ0) is 15.1. The van der Waals surface area contributed by atoms with Crippen LogP contribution in [0.4, 0.5) is 0 Å². The lowest BCUT2D eigenvalue weighted by Crippen LogP contribution is -2.50. The Hall–Kier alpha value is -0.300. The number of carbonyl (C=O) groups is 1. The average Bonchev–Trinajstić information content (AvgIpc) is 2.94. The van der Waals surface area contributed by atoms with Gasteiger partial charge in [-0.05, 0) is 19.4 Å². The summed E-state index contributed by atoms with van der Waals surface area (Å²) in [5.41, 5.74) is 0. The number of esters is 1. The number of hydrogen-bond donors (Lipinski definition) is 1. The van der Waals surface area contributed by atoms with E-state index in [9.17, 15) is 4.79 Å². The van der Waals surface area contributed by atoms with Crippen molar-refractivity contribution >= 4 is 17.7 Å². The molecule has 2 atom stereocenters. The van der Waals surface area contributed by atoms with Gasteiger partial charge in [0.1, 0.15) is 0 Å². The number of carbonyl (C=O) groups excluding carboxylic acids is 1. The van der Waals surface area contributed by atoms with E-state index in [-0.39, 0.29) is 11.8 Å². The summed E-state index contributed by atoms with van der Waals surface area (Å²) in [6, 6.07) is 0.478. The smallest absolute Gasteiger partial charge is 0.306 e. The Morgan fingerprint density at radius 3 is 2.86 bits per heavy atom. The molecule has 0 radical (unpaired) electrons. The number of thioether (sulfide) groups is 1. The van der Waals surface area contributed by atoms with E-state index in [0.717, 1.165) is 38.0 Å². The first-order chi connectivity index (χ1) is 10.2. The van der Waals surface area contributed by atoms with E-state index in [1.807, 2.05) is 11.8 Å². The summed E-state index contributed by atoms with van der Waals surface area (Å²) >= 11 is 1.84. The van der Waals surface area contributed by atoms with Gasteiger partial charge in [0.15, 0.2) is 5.79 Å². The van der Waals surface area contributed by atoms with Crippen molar-refractivity contribution in [2.75, 3.05) is 32.6 Å². The van der Waals surface area contributed by atoms with Gasteiger partial charge in [-0.3, -0.25) is 4.79 Å². The van der Waals surface area contributed by atoms with Crippen molar-refractivity contribution in [3.05, 3.63) is 0 Å². The van der Waals surface area contributed by atoms with Crippen molar-refractivity contribution in [1.82, 2.24) is 5.32 Å². The molecule has 0 aromatic heterocycles. The van der Waals surface area contributed by atoms with Crippen molar-refractivity contribution in [3.8, 4) is 0 Å². The van der Waals surface area contributed by atoms with Crippen molar-refractivity contribution in [1.29, 1.82) is 0 Å². The molecule has 1 aliphatic carbocycles. The van der Waals surface area contributed by atoms with Crippen LogP contribution >= 0.6 is 11.8 Å². The van der Waals surface area contributed by atoms with E-state index in [1.54, 1.807) is 0 Å². The van der Waals surface area contributed by atoms with Gasteiger partial charge in [0, 0.05) is 29.9 Å². The molecule has 21 heavy (non-hydrogen) atoms. The first-order valence-corrected chi connectivity index (χ1v) is 8.94. The number of hydrogen-bond acceptors (Lipinski definition) is 6. The second-order valence-corrected chi connectivity index (χ2v) is 6.99. The van der Waals surface area contributed by atoms with Crippen LogP contribution in [-0.2, 0) is 19.0 Å². The molecule has 1 saturated heterocycles. The van der Waals surface area contributed by atoms with Crippen LogP contribution in [0.25, 0.3) is 0 Å². The van der Waals surface area contributed by atoms with E-state index >= 15 is 0 Å². The minimum absolute atomic E-state index is 0.139. The van der Waals surface area contributed by atoms with Crippen LogP contribution in [0.5, 0.6) is 0 Å². The first-order valence-electron chi connectivity index (χ1n) is 7.89. The highest BCUT2D eigenvalue weighted by Crippen LogP contribution is 2.40. The third kappa shape index (κ3) is 4.84. The van der Waals surface area contributed by atoms with Gasteiger partial charge in [0.25, 0.3) is 0 Å². The average molecular weight is 317 g/mol. The van der Waals surface area contributed by atoms with Crippen molar-refractivity contribution in [3.63, 3.8) is 0 Å². The predicted octanol–water partition coefficient (Wildman–Crippen LogP) is 1.95. The molecule has 0 aromatic carbocycles. The van der Waals surface area contributed by atoms with Crippen molar-refractivity contribution in [2.45, 2.75) is 56.1 Å². The number of methoxy groups -OCH3 is 1. The Kier molecular flexibility index (Phi) is 6.79. The van der Waals surface area contributed by atoms with Gasteiger partial charge in [0.2, 0.25) is 0 Å². The number of rotatable bonds is 7. The fraction of sp³-hybridized carbons (Fsp3) is 0.933. The maximum Gasteiger partial charge on any atom is 0.306 e. The minimum atomic E-state index is -0.368. The van der Waals surface area contributed by atoms with Crippen LogP contribution in [0.15, 0.2) is 0 Å². The fourth-order valence-corrected chi connectivity index (χ4v) is 4.43. The molecule has 6 heteroatoms. The maximum atomic E-state index is 11.3. The fourth-order valence-electron chi connectivity index (χ4n) is 3.01. The molecule has 1 saturated carbocycles. The third-order valence-corrected chi connectivity index (χ3v) is 5.50. The van der Waals surface area contributed by atoms with E-state index in [0.29, 0.717) is 30.9 Å². The Balaban J connectivity index is 1.87. The molecule has 1 heterocycles. The summed E-state index contributed by atoms with van der Waals surface area (Å²) in [6.07, 6.45) is 4.53. The Morgan fingerprint density at radius 1 is 1.43 bits per heavy atom. The van der Waals surface area contributed by atoms with Gasteiger partial charge in [0.05, 0.1) is 26.7 Å². The molecule has 2 fully saturated rings. The molecule has 122 valence electrons. The third-order valence-electron chi connectivity index (χ3n) is 4.13. The normalized spacial score (nSPS) is 27.9. The number of nitrogens with one attached hydrogen (secondary N) is 1. The molecular formula is C15H27NO4S. The van der Waals surface area contributed by atoms with Crippen molar-refractivity contribution in [2.24, 2.45) is 0 Å². The van der Waals surface area contributed by atoms with Gasteiger partial charge in [-0.2, -0.15) is 11.8 Å². The predicted molar refractivity (Wildman–Crippen MR) is 83.4 cm³/mol. The second kappa shape index (κ2) is 8.36. The molecule has 2 rings (SSSR count). The van der Waals surface area contributed by atoms with E-state index in [1.165, 1.54) is 7.11 Å². The Bertz CT molecular complexity index is 334. The Labute approximate surface area is 131 Å². The highest BCUT2D eigenvalue weighted by Gasteiger charge is 2.45. The molecule has 0 aromatic rings. The molecule has 5 nitrogen and oxygen atoms in total. The number of ether oxygens (including phenoxy) is 3. The van der Waals surface area contributed by atoms with Crippen LogP contribution in [0.2, 0.25) is 0 Å². The summed E-state index contributed by atoms with van der Waals surface area (Å²) in [5, 5.41) is 4.06. The van der Waals surface area contributed by atoms with Gasteiger partial charge in [-0.15, -0.1) is 0 Å². The molecule has 1 N–H and O–H groups in total. The standard InChI is InChI=1S/C15H27NO4S/c1-3-7-16-12-4-6-15(19-8-9-20-15)11-13(12)21-10-5-14(17)18-2/h12-13,16H,3-11H2,1-2H3. The summed E-state index contributed by atoms with van der Waals surface area (Å²) in [5.74, 6) is 0.282. The summed E-state index contributed by atoms with van der Waals surface area (Å²) in [7, 11) is 1.44. The van der Waals surface area contributed by atoms with Crippen LogP contribution in [0, 0.1) is 0 Å². The lowest BCUT2D eigenvalue weighted by molar-refractivity contribution is -0.178. The van der Waals surface area contributed by atoms with E-state index in [2.05, 4.69) is 12.2 Å². The molecule has 0 amide bonds. The van der Waals surface area contributed by atoms with Crippen LogP contribution in [0.3, 0.4) is 0 Å². The summed E-state index contributed by atoms with van der Waals surface area (Å²) < 4.78 is 16.4. The lowest BCUT2D eigenvalue weighted by Gasteiger charge is -2.41. The molecule has 2 unspecified atom stereocenters. The monoisotopic (exact) mass is 317 g/mol. The summed E-state index contributed by atoms with van der Waals surface area (Å²) in [6.45, 7) is 4.62. The molecule has 1 aliphatic heterocycles. The van der Waals surface area contributed by atoms with Gasteiger partial charge in [-0.1, -0.05) is 6.92 Å². The highest BCUT2D eigenvalue weighted by molar-refractivity contribution is 8.00. The summed E-state index contributed by atoms with van der Waals surface area (Å²) in [4.78, 5) is 11.3. The van der Waals surface area contributed by atoms with Crippen LogP contribution in [-0.4, -0.2) is 55.7 Å². The SMILES string of the molecule is CCCNC1CCC2(CC1SCCC(=O)OC)OCCO2. The topological polar surface area (TPSA) is 56.8 Å². The van der Waals surface area contributed by atoms with E-state index in [4.69, 9.17) is 14.2 Å². The van der Waals surface area contributed by atoms with E-state index < -0.39 is 0 Å². The van der Waals surface area contributed by atoms with Crippen molar-refractivity contribution < 1.29 is 19.0 Å². The molecular weight excluding hydrogens is 290 g/mol. The molecule has 2 aliphatic rings. The van der Waals surface area contributed by atoms with Gasteiger partial charge in [-0.25, -0.2) is 0 Å². The first kappa shape index (κ1) is 17.1. The lowest BCUT2D eigenvalue weighted by atomic mass is 9.89. The van der Waals surface area contributed by atoms with Crippen LogP contribution in [0.1, 0.15) is 39.0 Å². The zero-order valence-corrected chi connectivity index (χ0v) is 13.9. The maximum absolute atomic E-state index is 11.3. The quantitative estimate of drug-likeness (QED) is 0.724. The zero-order valence-electron chi connectivity index (χ0n) is 13.1. The van der Waals surface area contributed by atoms with Crippen LogP contribution < -0.4 is 5.32 Å². The minimum Gasteiger partial charge on any atom is -0.469 e. The molecule has 0 bridgehead atoms. The largest absolute Gasteiger partial charge is 0.469 e. The Morgan fingerprint density at radius 2 is 2.19 bits per heavy atom. The van der Waals surface area contributed by atoms with Gasteiger partial charge < -0.3 is 19.5 Å². The second-order valence-electron chi connectivity index (χ2n) is 5.65. The van der Waals surface area contributed by atoms with Gasteiger partial charge >= 0.3 is 5.97 Å². The highest BCUT2D eigenvalue weighted by atomic mass is 32.2.